The molecule has 0 bridgehead atoms. The van der Waals surface area contributed by atoms with E-state index in [1.807, 2.05) is 30.3 Å². The molecular formula is C23H22N4. The van der Waals surface area contributed by atoms with Crippen LogP contribution in [0.4, 0.5) is 0 Å². The number of H-pyrrole nitrogens is 1. The molecule has 0 radical (unpaired) electrons. The highest BCUT2D eigenvalue weighted by atomic mass is 14.9. The summed E-state index contributed by atoms with van der Waals surface area (Å²) in [5.74, 6) is 0.866. The van der Waals surface area contributed by atoms with Crippen LogP contribution in [0.15, 0.2) is 90.2 Å². The Morgan fingerprint density at radius 2 is 1.59 bits per heavy atom. The van der Waals surface area contributed by atoms with Gasteiger partial charge in [-0.1, -0.05) is 60.7 Å². The van der Waals surface area contributed by atoms with E-state index < -0.39 is 0 Å². The molecule has 0 saturated carbocycles. The molecule has 0 unspecified atom stereocenters. The van der Waals surface area contributed by atoms with Crippen LogP contribution in [0.3, 0.4) is 0 Å². The van der Waals surface area contributed by atoms with Crippen LogP contribution in [0.1, 0.15) is 29.0 Å². The van der Waals surface area contributed by atoms with E-state index in [2.05, 4.69) is 63.5 Å². The van der Waals surface area contributed by atoms with Crippen molar-refractivity contribution in [2.75, 3.05) is 6.54 Å². The molecule has 0 aliphatic rings. The molecule has 3 aromatic carbocycles. The van der Waals surface area contributed by atoms with E-state index in [4.69, 9.17) is 5.73 Å². The monoisotopic (exact) mass is 354 g/mol. The smallest absolute Gasteiger partial charge is 0.125 e. The summed E-state index contributed by atoms with van der Waals surface area (Å²) in [6.45, 7) is 0.668. The van der Waals surface area contributed by atoms with Crippen LogP contribution in [0.2, 0.25) is 0 Å². The van der Waals surface area contributed by atoms with E-state index in [9.17, 15) is 0 Å². The Morgan fingerprint density at radius 1 is 0.926 bits per heavy atom. The van der Waals surface area contributed by atoms with Crippen molar-refractivity contribution in [1.29, 1.82) is 0 Å². The van der Waals surface area contributed by atoms with Crippen molar-refractivity contribution in [3.05, 3.63) is 102 Å². The van der Waals surface area contributed by atoms with Gasteiger partial charge in [0.25, 0.3) is 0 Å². The van der Waals surface area contributed by atoms with Gasteiger partial charge in [0.1, 0.15) is 5.84 Å². The van der Waals surface area contributed by atoms with E-state index in [1.54, 1.807) is 6.33 Å². The maximum absolute atomic E-state index is 6.23. The average molecular weight is 354 g/mol. The van der Waals surface area contributed by atoms with Crippen molar-refractivity contribution in [1.82, 2.24) is 9.97 Å². The molecular weight excluding hydrogens is 332 g/mol. The van der Waals surface area contributed by atoms with Gasteiger partial charge in [-0.25, -0.2) is 4.98 Å². The predicted octanol–water partition coefficient (Wildman–Crippen LogP) is 4.49. The zero-order valence-corrected chi connectivity index (χ0v) is 15.0. The quantitative estimate of drug-likeness (QED) is 0.396. The Balaban J connectivity index is 1.52. The number of hydrogen-bond acceptors (Lipinski definition) is 2. The number of nitrogens with zero attached hydrogens (tertiary/aromatic N) is 2. The molecule has 1 aromatic heterocycles. The third-order valence-electron chi connectivity index (χ3n) is 4.82. The summed E-state index contributed by atoms with van der Waals surface area (Å²) in [6.07, 6.45) is 2.59. The van der Waals surface area contributed by atoms with Gasteiger partial charge in [-0.3, -0.25) is 4.99 Å². The van der Waals surface area contributed by atoms with Crippen LogP contribution in [-0.4, -0.2) is 22.3 Å². The van der Waals surface area contributed by atoms with E-state index >= 15 is 0 Å². The Kier molecular flexibility index (Phi) is 4.97. The van der Waals surface area contributed by atoms with Gasteiger partial charge in [0.05, 0.1) is 17.4 Å². The molecule has 0 aliphatic carbocycles. The number of nitrogens with two attached hydrogens (primary N) is 1. The highest BCUT2D eigenvalue weighted by Crippen LogP contribution is 2.27. The van der Waals surface area contributed by atoms with Crippen molar-refractivity contribution in [2.24, 2.45) is 10.7 Å². The summed E-state index contributed by atoms with van der Waals surface area (Å²) >= 11 is 0. The highest BCUT2D eigenvalue weighted by molar-refractivity contribution is 6.00. The molecule has 4 heteroatoms. The summed E-state index contributed by atoms with van der Waals surface area (Å²) in [6, 6.07) is 27.1. The third-order valence-corrected chi connectivity index (χ3v) is 4.82. The maximum atomic E-state index is 6.23. The number of aliphatic imine (C=N–C) groups is 1. The minimum Gasteiger partial charge on any atom is -0.384 e. The lowest BCUT2D eigenvalue weighted by molar-refractivity contribution is 0.727. The third kappa shape index (κ3) is 3.90. The first kappa shape index (κ1) is 17.0. The van der Waals surface area contributed by atoms with Crippen molar-refractivity contribution >= 4 is 16.9 Å². The van der Waals surface area contributed by atoms with Gasteiger partial charge in [-0.05, 0) is 35.7 Å². The van der Waals surface area contributed by atoms with E-state index in [0.29, 0.717) is 18.3 Å². The van der Waals surface area contributed by atoms with Crippen LogP contribution in [0.25, 0.3) is 11.0 Å². The molecule has 0 aliphatic heterocycles. The molecule has 0 saturated heterocycles. The molecule has 27 heavy (non-hydrogen) atoms. The van der Waals surface area contributed by atoms with Gasteiger partial charge >= 0.3 is 0 Å². The SMILES string of the molecule is NC(=NCCC(c1ccccc1)c1ccccc1)c1ccc2nc[nH]c2c1. The number of aromatic nitrogens is 2. The summed E-state index contributed by atoms with van der Waals surface area (Å²) in [4.78, 5) is 12.0. The van der Waals surface area contributed by atoms with Gasteiger partial charge < -0.3 is 10.7 Å². The van der Waals surface area contributed by atoms with Crippen molar-refractivity contribution < 1.29 is 0 Å². The lowest BCUT2D eigenvalue weighted by Gasteiger charge is -2.17. The number of benzene rings is 3. The fraction of sp³-hybridized carbons (Fsp3) is 0.130. The minimum absolute atomic E-state index is 0.305. The molecule has 0 amide bonds. The summed E-state index contributed by atoms with van der Waals surface area (Å²) < 4.78 is 0. The van der Waals surface area contributed by atoms with Gasteiger partial charge in [-0.2, -0.15) is 0 Å². The van der Waals surface area contributed by atoms with E-state index in [0.717, 1.165) is 23.0 Å². The molecule has 4 nitrogen and oxygen atoms in total. The second-order valence-electron chi connectivity index (χ2n) is 6.56. The van der Waals surface area contributed by atoms with Crippen LogP contribution in [-0.2, 0) is 0 Å². The topological polar surface area (TPSA) is 67.1 Å². The van der Waals surface area contributed by atoms with Crippen LogP contribution in [0, 0.1) is 0 Å². The normalized spacial score (nSPS) is 12.0. The highest BCUT2D eigenvalue weighted by Gasteiger charge is 2.13. The minimum atomic E-state index is 0.305. The molecule has 4 aromatic rings. The van der Waals surface area contributed by atoms with Crippen LogP contribution in [0.5, 0.6) is 0 Å². The lowest BCUT2D eigenvalue weighted by Crippen LogP contribution is -2.14. The second-order valence-corrected chi connectivity index (χ2v) is 6.56. The molecule has 0 atom stereocenters. The first-order valence-electron chi connectivity index (χ1n) is 9.14. The fourth-order valence-corrected chi connectivity index (χ4v) is 3.40. The van der Waals surface area contributed by atoms with Crippen molar-refractivity contribution in [3.63, 3.8) is 0 Å². The molecule has 4 rings (SSSR count). The van der Waals surface area contributed by atoms with Crippen molar-refractivity contribution in [2.45, 2.75) is 12.3 Å². The molecule has 0 fully saturated rings. The zero-order valence-electron chi connectivity index (χ0n) is 15.0. The number of fused-ring (bicyclic) bond motifs is 1. The summed E-state index contributed by atoms with van der Waals surface area (Å²) in [5.41, 5.74) is 11.7. The number of rotatable bonds is 6. The van der Waals surface area contributed by atoms with E-state index in [-0.39, 0.29) is 0 Å². The van der Waals surface area contributed by atoms with Gasteiger partial charge in [0.2, 0.25) is 0 Å². The molecule has 0 spiro atoms. The number of nitrogens with one attached hydrogen (secondary N) is 1. The number of aromatic amines is 1. The number of amidine groups is 1. The zero-order chi connectivity index (χ0) is 18.5. The molecule has 134 valence electrons. The second kappa shape index (κ2) is 7.87. The Labute approximate surface area is 158 Å². The van der Waals surface area contributed by atoms with E-state index in [1.165, 1.54) is 11.1 Å². The molecule has 1 heterocycles. The van der Waals surface area contributed by atoms with Gasteiger partial charge in [0.15, 0.2) is 0 Å². The van der Waals surface area contributed by atoms with Crippen LogP contribution < -0.4 is 5.73 Å². The van der Waals surface area contributed by atoms with Gasteiger partial charge in [0, 0.05) is 18.0 Å². The first-order chi connectivity index (χ1) is 13.3. The predicted molar refractivity (Wildman–Crippen MR) is 111 cm³/mol. The average Bonchev–Trinajstić information content (AvgIpc) is 3.20. The Bertz CT molecular complexity index is 996. The summed E-state index contributed by atoms with van der Waals surface area (Å²) in [5, 5.41) is 0. The Hall–Kier alpha value is -3.40. The fourth-order valence-electron chi connectivity index (χ4n) is 3.40. The lowest BCUT2D eigenvalue weighted by atomic mass is 9.88. The summed E-state index contributed by atoms with van der Waals surface area (Å²) in [7, 11) is 0. The molecule has 3 N–H and O–H groups in total. The largest absolute Gasteiger partial charge is 0.384 e. The Morgan fingerprint density at radius 3 is 2.26 bits per heavy atom. The number of hydrogen-bond donors (Lipinski definition) is 2. The number of imidazole rings is 1. The van der Waals surface area contributed by atoms with Crippen LogP contribution >= 0.6 is 0 Å². The van der Waals surface area contributed by atoms with Gasteiger partial charge in [-0.15, -0.1) is 0 Å². The van der Waals surface area contributed by atoms with Crippen molar-refractivity contribution in [3.8, 4) is 0 Å². The maximum Gasteiger partial charge on any atom is 0.125 e. The standard InChI is InChI=1S/C23H22N4/c24-23(19-11-12-21-22(15-19)27-16-26-21)25-14-13-20(17-7-3-1-4-8-17)18-9-5-2-6-10-18/h1-12,15-16,20H,13-14H2,(H2,24,25)(H,26,27). The first-order valence-corrected chi connectivity index (χ1v) is 9.14.